The van der Waals surface area contributed by atoms with E-state index in [1.165, 1.54) is 0 Å². The first-order valence-electron chi connectivity index (χ1n) is 11.0. The number of hydrogen-bond donors (Lipinski definition) is 2. The molecule has 1 fully saturated rings. The Morgan fingerprint density at radius 1 is 1.06 bits per heavy atom. The molecular formula is C25H28ClN5O2. The summed E-state index contributed by atoms with van der Waals surface area (Å²) >= 11 is 5.94. The van der Waals surface area contributed by atoms with Crippen LogP contribution in [0.25, 0.3) is 11.1 Å². The van der Waals surface area contributed by atoms with Crippen molar-refractivity contribution in [1.82, 2.24) is 15.2 Å². The molecule has 1 aromatic heterocycles. The number of nitrogens with two attached hydrogens (primary N) is 1. The van der Waals surface area contributed by atoms with Crippen molar-refractivity contribution in [3.05, 3.63) is 71.4 Å². The van der Waals surface area contributed by atoms with Crippen LogP contribution < -0.4 is 20.7 Å². The van der Waals surface area contributed by atoms with Gasteiger partial charge in [0.15, 0.2) is 5.75 Å². The Morgan fingerprint density at radius 2 is 1.79 bits per heavy atom. The number of amides is 1. The predicted molar refractivity (Wildman–Crippen MR) is 133 cm³/mol. The SMILES string of the molecule is CN1CCN(c2ccc(CCNC(=O)Oc3ccc(-c4ccc(Cl)cc4)cc3N)cn2)CC1. The van der Waals surface area contributed by atoms with E-state index in [-0.39, 0.29) is 0 Å². The van der Waals surface area contributed by atoms with Gasteiger partial charge >= 0.3 is 6.09 Å². The van der Waals surface area contributed by atoms with Crippen molar-refractivity contribution >= 4 is 29.2 Å². The van der Waals surface area contributed by atoms with Gasteiger partial charge in [0.25, 0.3) is 0 Å². The smallest absolute Gasteiger partial charge is 0.408 e. The van der Waals surface area contributed by atoms with Gasteiger partial charge in [-0.05, 0) is 60.5 Å². The molecule has 7 nitrogen and oxygen atoms in total. The van der Waals surface area contributed by atoms with E-state index in [9.17, 15) is 4.79 Å². The molecule has 172 valence electrons. The van der Waals surface area contributed by atoms with Crippen LogP contribution in [0, 0.1) is 0 Å². The molecule has 1 saturated heterocycles. The number of rotatable bonds is 6. The van der Waals surface area contributed by atoms with Gasteiger partial charge < -0.3 is 25.6 Å². The second-order valence-electron chi connectivity index (χ2n) is 8.14. The quantitative estimate of drug-likeness (QED) is 0.534. The van der Waals surface area contributed by atoms with Gasteiger partial charge in [0.2, 0.25) is 0 Å². The number of nitrogens with one attached hydrogen (secondary N) is 1. The number of benzene rings is 2. The van der Waals surface area contributed by atoms with Crippen molar-refractivity contribution in [2.75, 3.05) is 50.4 Å². The zero-order chi connectivity index (χ0) is 23.2. The van der Waals surface area contributed by atoms with E-state index < -0.39 is 6.09 Å². The minimum Gasteiger partial charge on any atom is -0.408 e. The van der Waals surface area contributed by atoms with Crippen LogP contribution in [0.3, 0.4) is 0 Å². The normalized spacial score (nSPS) is 14.2. The van der Waals surface area contributed by atoms with Gasteiger partial charge in [0.1, 0.15) is 5.82 Å². The van der Waals surface area contributed by atoms with E-state index in [1.54, 1.807) is 12.1 Å². The van der Waals surface area contributed by atoms with Crippen LogP contribution >= 0.6 is 11.6 Å². The van der Waals surface area contributed by atoms with Crippen molar-refractivity contribution < 1.29 is 9.53 Å². The number of piperazine rings is 1. The minimum atomic E-state index is -0.539. The summed E-state index contributed by atoms with van der Waals surface area (Å²) in [4.78, 5) is 21.4. The van der Waals surface area contributed by atoms with Gasteiger partial charge in [0.05, 0.1) is 5.69 Å². The molecule has 1 amide bonds. The van der Waals surface area contributed by atoms with Gasteiger partial charge in [-0.2, -0.15) is 0 Å². The molecule has 33 heavy (non-hydrogen) atoms. The lowest BCUT2D eigenvalue weighted by atomic mass is 10.1. The lowest BCUT2D eigenvalue weighted by molar-refractivity contribution is 0.201. The summed E-state index contributed by atoms with van der Waals surface area (Å²) in [6.45, 7) is 4.50. The van der Waals surface area contributed by atoms with Crippen LogP contribution in [0.2, 0.25) is 5.02 Å². The van der Waals surface area contributed by atoms with E-state index >= 15 is 0 Å². The number of likely N-dealkylation sites (N-methyl/N-ethyl adjacent to an activating group) is 1. The Balaban J connectivity index is 1.25. The third kappa shape index (κ3) is 6.15. The molecule has 0 spiro atoms. The van der Waals surface area contributed by atoms with Gasteiger partial charge in [0, 0.05) is 43.9 Å². The van der Waals surface area contributed by atoms with Gasteiger partial charge in [-0.25, -0.2) is 9.78 Å². The second kappa shape index (κ2) is 10.6. The number of pyridine rings is 1. The number of nitrogen functional groups attached to an aromatic ring is 1. The summed E-state index contributed by atoms with van der Waals surface area (Å²) in [6.07, 6.45) is 1.99. The number of anilines is 2. The summed E-state index contributed by atoms with van der Waals surface area (Å²) in [5.41, 5.74) is 9.44. The third-order valence-electron chi connectivity index (χ3n) is 5.71. The Morgan fingerprint density at radius 3 is 2.45 bits per heavy atom. The average Bonchev–Trinajstić information content (AvgIpc) is 2.82. The van der Waals surface area contributed by atoms with Gasteiger partial charge in [-0.1, -0.05) is 35.9 Å². The molecule has 4 rings (SSSR count). The topological polar surface area (TPSA) is 83.7 Å². The number of halogens is 1. The monoisotopic (exact) mass is 465 g/mol. The molecule has 0 saturated carbocycles. The van der Waals surface area contributed by atoms with Crippen LogP contribution in [0.15, 0.2) is 60.8 Å². The predicted octanol–water partition coefficient (Wildman–Crippen LogP) is 4.07. The maximum atomic E-state index is 12.2. The number of aromatic nitrogens is 1. The van der Waals surface area contributed by atoms with E-state index in [2.05, 4.69) is 33.2 Å². The Bertz CT molecular complexity index is 1080. The fraction of sp³-hybridized carbons (Fsp3) is 0.280. The Labute approximate surface area is 199 Å². The molecule has 2 aromatic carbocycles. The highest BCUT2D eigenvalue weighted by Crippen LogP contribution is 2.29. The number of ether oxygens (including phenoxy) is 1. The number of carbonyl (C=O) groups excluding carboxylic acids is 1. The summed E-state index contributed by atoms with van der Waals surface area (Å²) in [5, 5.41) is 3.44. The molecule has 3 aromatic rings. The molecule has 0 atom stereocenters. The molecule has 0 bridgehead atoms. The standard InChI is InChI=1S/C25H28ClN5O2/c1-30-12-14-31(15-13-30)24-9-2-18(17-29-24)10-11-28-25(32)33-23-8-5-20(16-22(23)27)19-3-6-21(26)7-4-19/h2-9,16-17H,10-15,27H2,1H3,(H,28,32). The fourth-order valence-electron chi connectivity index (χ4n) is 3.70. The fourth-order valence-corrected chi connectivity index (χ4v) is 3.82. The molecule has 0 aliphatic carbocycles. The molecule has 3 N–H and O–H groups in total. The van der Waals surface area contributed by atoms with E-state index in [1.807, 2.05) is 42.6 Å². The molecule has 8 heteroatoms. The molecule has 1 aliphatic heterocycles. The summed E-state index contributed by atoms with van der Waals surface area (Å²) in [5.74, 6) is 1.32. The molecule has 0 unspecified atom stereocenters. The highest BCUT2D eigenvalue weighted by Gasteiger charge is 2.15. The summed E-state index contributed by atoms with van der Waals surface area (Å²) in [6, 6.07) is 16.9. The average molecular weight is 466 g/mol. The van der Waals surface area contributed by atoms with Crippen LogP contribution in [-0.2, 0) is 6.42 Å². The number of carbonyl (C=O) groups is 1. The van der Waals surface area contributed by atoms with E-state index in [4.69, 9.17) is 22.1 Å². The first-order valence-corrected chi connectivity index (χ1v) is 11.4. The van der Waals surface area contributed by atoms with Crippen LogP contribution in [0.1, 0.15) is 5.56 Å². The van der Waals surface area contributed by atoms with Gasteiger partial charge in [-0.15, -0.1) is 0 Å². The summed E-state index contributed by atoms with van der Waals surface area (Å²) < 4.78 is 5.38. The van der Waals surface area contributed by atoms with E-state index in [0.717, 1.165) is 48.7 Å². The maximum Gasteiger partial charge on any atom is 0.412 e. The van der Waals surface area contributed by atoms with Crippen molar-refractivity contribution in [1.29, 1.82) is 0 Å². The highest BCUT2D eigenvalue weighted by molar-refractivity contribution is 6.30. The molecule has 2 heterocycles. The van der Waals surface area contributed by atoms with Gasteiger partial charge in [-0.3, -0.25) is 0 Å². The van der Waals surface area contributed by atoms with Crippen molar-refractivity contribution in [3.63, 3.8) is 0 Å². The van der Waals surface area contributed by atoms with Crippen LogP contribution in [-0.4, -0.2) is 55.7 Å². The first-order chi connectivity index (χ1) is 16.0. The lowest BCUT2D eigenvalue weighted by Crippen LogP contribution is -2.44. The second-order valence-corrected chi connectivity index (χ2v) is 8.58. The zero-order valence-corrected chi connectivity index (χ0v) is 19.4. The minimum absolute atomic E-state index is 0.323. The number of nitrogens with zero attached hydrogens (tertiary/aromatic N) is 3. The molecule has 0 radical (unpaired) electrons. The Kier molecular flexibility index (Phi) is 7.32. The van der Waals surface area contributed by atoms with Crippen molar-refractivity contribution in [2.45, 2.75) is 6.42 Å². The van der Waals surface area contributed by atoms with E-state index in [0.29, 0.717) is 29.4 Å². The van der Waals surface area contributed by atoms with Crippen LogP contribution in [0.5, 0.6) is 5.75 Å². The first kappa shape index (κ1) is 22.9. The lowest BCUT2D eigenvalue weighted by Gasteiger charge is -2.33. The van der Waals surface area contributed by atoms with Crippen LogP contribution in [0.4, 0.5) is 16.3 Å². The Hall–Kier alpha value is -3.29. The maximum absolute atomic E-state index is 12.2. The highest BCUT2D eigenvalue weighted by atomic mass is 35.5. The number of hydrogen-bond acceptors (Lipinski definition) is 6. The molecule has 1 aliphatic rings. The largest absolute Gasteiger partial charge is 0.412 e. The zero-order valence-electron chi connectivity index (χ0n) is 18.6. The summed E-state index contributed by atoms with van der Waals surface area (Å²) in [7, 11) is 2.14. The van der Waals surface area contributed by atoms with Crippen molar-refractivity contribution in [2.24, 2.45) is 0 Å². The van der Waals surface area contributed by atoms with Crippen molar-refractivity contribution in [3.8, 4) is 16.9 Å². The molecular weight excluding hydrogens is 438 g/mol. The third-order valence-corrected chi connectivity index (χ3v) is 5.96.